The molecule has 1 N–H and O–H groups in total. The van der Waals surface area contributed by atoms with E-state index in [-0.39, 0.29) is 23.3 Å². The van der Waals surface area contributed by atoms with Crippen LogP contribution in [0.2, 0.25) is 0 Å². The largest absolute Gasteiger partial charge is 0.352 e. The Bertz CT molecular complexity index is 1200. The molecule has 1 unspecified atom stereocenters. The Morgan fingerprint density at radius 2 is 1.46 bits per heavy atom. The molecule has 0 aromatic heterocycles. The summed E-state index contributed by atoms with van der Waals surface area (Å²) in [6, 6.07) is 26.6. The lowest BCUT2D eigenvalue weighted by atomic mass is 9.86. The van der Waals surface area contributed by atoms with Crippen LogP contribution in [0, 0.1) is 6.92 Å². The fourth-order valence-electron chi connectivity index (χ4n) is 5.38. The van der Waals surface area contributed by atoms with E-state index in [9.17, 15) is 9.59 Å². The van der Waals surface area contributed by atoms with Crippen LogP contribution in [-0.2, 0) is 34.4 Å². The lowest BCUT2D eigenvalue weighted by Gasteiger charge is -2.32. The highest BCUT2D eigenvalue weighted by atomic mass is 16.2. The Labute approximate surface area is 234 Å². The van der Waals surface area contributed by atoms with E-state index in [1.54, 1.807) is 0 Å². The van der Waals surface area contributed by atoms with E-state index in [4.69, 9.17) is 0 Å². The summed E-state index contributed by atoms with van der Waals surface area (Å²) >= 11 is 0. The topological polar surface area (TPSA) is 49.4 Å². The number of aryl methyl sites for hydroxylation is 2. The van der Waals surface area contributed by atoms with Crippen LogP contribution in [-0.4, -0.2) is 28.8 Å². The standard InChI is InChI=1S/C35H44N2O2/c1-26-14-16-29(17-15-26)25-37(33(38)23-20-27-18-21-30(22-19-27)35(2,3)4)32(24-28-10-6-5-7-11-28)34(39)36-31-12-8-9-13-31/h5-7,10-11,14-19,21-22,31-32H,8-9,12-13,20,23-25H2,1-4H3,(H,36,39). The number of rotatable bonds is 10. The molecule has 0 saturated heterocycles. The molecule has 4 nitrogen and oxygen atoms in total. The van der Waals surface area contributed by atoms with Crippen LogP contribution in [0.25, 0.3) is 0 Å². The van der Waals surface area contributed by atoms with Gasteiger partial charge in [-0.1, -0.05) is 118 Å². The first-order valence-corrected chi connectivity index (χ1v) is 14.5. The third-order valence-corrected chi connectivity index (χ3v) is 7.89. The second-order valence-electron chi connectivity index (χ2n) is 12.1. The van der Waals surface area contributed by atoms with Gasteiger partial charge in [-0.3, -0.25) is 9.59 Å². The van der Waals surface area contributed by atoms with Gasteiger partial charge in [-0.25, -0.2) is 0 Å². The van der Waals surface area contributed by atoms with E-state index in [2.05, 4.69) is 81.5 Å². The van der Waals surface area contributed by atoms with E-state index < -0.39 is 6.04 Å². The second-order valence-corrected chi connectivity index (χ2v) is 12.1. The lowest BCUT2D eigenvalue weighted by molar-refractivity contribution is -0.141. The Balaban J connectivity index is 1.58. The molecular formula is C35H44N2O2. The average molecular weight is 525 g/mol. The van der Waals surface area contributed by atoms with Crippen LogP contribution in [0.4, 0.5) is 0 Å². The third-order valence-electron chi connectivity index (χ3n) is 7.89. The summed E-state index contributed by atoms with van der Waals surface area (Å²) in [5.74, 6) is -0.0290. The van der Waals surface area contributed by atoms with E-state index in [0.717, 1.165) is 42.4 Å². The maximum absolute atomic E-state index is 13.9. The van der Waals surface area contributed by atoms with Gasteiger partial charge in [-0.05, 0) is 53.9 Å². The van der Waals surface area contributed by atoms with Crippen molar-refractivity contribution in [2.24, 2.45) is 0 Å². The van der Waals surface area contributed by atoms with Crippen molar-refractivity contribution in [2.75, 3.05) is 0 Å². The highest BCUT2D eigenvalue weighted by Gasteiger charge is 2.32. The first kappa shape index (κ1) is 28.6. The maximum atomic E-state index is 13.9. The van der Waals surface area contributed by atoms with Gasteiger partial charge in [0.2, 0.25) is 11.8 Å². The van der Waals surface area contributed by atoms with Crippen LogP contribution in [0.5, 0.6) is 0 Å². The molecule has 4 rings (SSSR count). The molecule has 206 valence electrons. The van der Waals surface area contributed by atoms with Crippen molar-refractivity contribution in [2.45, 2.75) is 96.7 Å². The van der Waals surface area contributed by atoms with E-state index in [1.807, 2.05) is 35.2 Å². The Hall–Kier alpha value is -3.40. The minimum absolute atomic E-state index is 0.0120. The van der Waals surface area contributed by atoms with Gasteiger partial charge in [-0.2, -0.15) is 0 Å². The monoisotopic (exact) mass is 524 g/mol. The molecule has 1 saturated carbocycles. The molecule has 3 aromatic rings. The number of nitrogens with zero attached hydrogens (tertiary/aromatic N) is 1. The molecule has 0 aliphatic heterocycles. The van der Waals surface area contributed by atoms with Gasteiger partial charge in [-0.15, -0.1) is 0 Å². The van der Waals surface area contributed by atoms with Gasteiger partial charge in [0.15, 0.2) is 0 Å². The van der Waals surface area contributed by atoms with Crippen molar-refractivity contribution in [3.63, 3.8) is 0 Å². The zero-order valence-corrected chi connectivity index (χ0v) is 24.1. The lowest BCUT2D eigenvalue weighted by Crippen LogP contribution is -2.52. The van der Waals surface area contributed by atoms with Crippen molar-refractivity contribution in [3.8, 4) is 0 Å². The van der Waals surface area contributed by atoms with Gasteiger partial charge in [0.25, 0.3) is 0 Å². The fraction of sp³-hybridized carbons (Fsp3) is 0.429. The van der Waals surface area contributed by atoms with E-state index >= 15 is 0 Å². The van der Waals surface area contributed by atoms with Crippen LogP contribution in [0.1, 0.15) is 80.7 Å². The summed E-state index contributed by atoms with van der Waals surface area (Å²) in [5, 5.41) is 3.29. The van der Waals surface area contributed by atoms with Crippen LogP contribution in [0.3, 0.4) is 0 Å². The predicted molar refractivity (Wildman–Crippen MR) is 160 cm³/mol. The van der Waals surface area contributed by atoms with Crippen LogP contribution < -0.4 is 5.32 Å². The Morgan fingerprint density at radius 3 is 2.08 bits per heavy atom. The summed E-state index contributed by atoms with van der Waals surface area (Å²) in [6.07, 6.45) is 5.83. The zero-order chi connectivity index (χ0) is 27.8. The number of nitrogens with one attached hydrogen (secondary N) is 1. The van der Waals surface area contributed by atoms with Gasteiger partial charge in [0.05, 0.1) is 0 Å². The Morgan fingerprint density at radius 1 is 0.846 bits per heavy atom. The summed E-state index contributed by atoms with van der Waals surface area (Å²) in [7, 11) is 0. The first-order valence-electron chi connectivity index (χ1n) is 14.5. The van der Waals surface area contributed by atoms with Crippen molar-refractivity contribution < 1.29 is 9.59 Å². The quantitative estimate of drug-likeness (QED) is 0.313. The number of amides is 2. The van der Waals surface area contributed by atoms with E-state index in [0.29, 0.717) is 25.8 Å². The summed E-state index contributed by atoms with van der Waals surface area (Å²) < 4.78 is 0. The highest BCUT2D eigenvalue weighted by Crippen LogP contribution is 2.24. The number of benzene rings is 3. The summed E-state index contributed by atoms with van der Waals surface area (Å²) in [5.41, 5.74) is 5.79. The molecule has 1 atom stereocenters. The fourth-order valence-corrected chi connectivity index (χ4v) is 5.38. The molecule has 1 fully saturated rings. The number of hydrogen-bond acceptors (Lipinski definition) is 2. The third kappa shape index (κ3) is 8.29. The molecule has 0 heterocycles. The summed E-state index contributed by atoms with van der Waals surface area (Å²) in [4.78, 5) is 29.6. The first-order chi connectivity index (χ1) is 18.7. The molecule has 0 radical (unpaired) electrons. The van der Waals surface area contributed by atoms with Crippen molar-refractivity contribution in [1.82, 2.24) is 10.2 Å². The van der Waals surface area contributed by atoms with Crippen LogP contribution in [0.15, 0.2) is 78.9 Å². The Kier molecular flexibility index (Phi) is 9.61. The van der Waals surface area contributed by atoms with Crippen molar-refractivity contribution in [1.29, 1.82) is 0 Å². The molecule has 1 aliphatic carbocycles. The summed E-state index contributed by atoms with van der Waals surface area (Å²) in [6.45, 7) is 9.09. The smallest absolute Gasteiger partial charge is 0.243 e. The molecular weight excluding hydrogens is 480 g/mol. The molecule has 1 aliphatic rings. The molecule has 3 aromatic carbocycles. The average Bonchev–Trinajstić information content (AvgIpc) is 3.43. The zero-order valence-electron chi connectivity index (χ0n) is 24.1. The number of carbonyl (C=O) groups excluding carboxylic acids is 2. The SMILES string of the molecule is Cc1ccc(CN(C(=O)CCc2ccc(C(C)(C)C)cc2)C(Cc2ccccc2)C(=O)NC2CCCC2)cc1. The van der Waals surface area contributed by atoms with Crippen molar-refractivity contribution in [3.05, 3.63) is 107 Å². The molecule has 39 heavy (non-hydrogen) atoms. The van der Waals surface area contributed by atoms with Crippen molar-refractivity contribution >= 4 is 11.8 Å². The van der Waals surface area contributed by atoms with Gasteiger partial charge in [0, 0.05) is 25.4 Å². The number of hydrogen-bond donors (Lipinski definition) is 1. The highest BCUT2D eigenvalue weighted by molar-refractivity contribution is 5.88. The molecule has 4 heteroatoms. The maximum Gasteiger partial charge on any atom is 0.243 e. The van der Waals surface area contributed by atoms with Gasteiger partial charge < -0.3 is 10.2 Å². The van der Waals surface area contributed by atoms with Crippen LogP contribution >= 0.6 is 0 Å². The van der Waals surface area contributed by atoms with E-state index in [1.165, 1.54) is 11.1 Å². The molecule has 0 bridgehead atoms. The van der Waals surface area contributed by atoms with Gasteiger partial charge >= 0.3 is 0 Å². The minimum atomic E-state index is -0.565. The normalized spacial score (nSPS) is 14.7. The molecule has 0 spiro atoms. The van der Waals surface area contributed by atoms with Gasteiger partial charge in [0.1, 0.15) is 6.04 Å². The minimum Gasteiger partial charge on any atom is -0.352 e. The number of carbonyl (C=O) groups is 2. The predicted octanol–water partition coefficient (Wildman–Crippen LogP) is 6.92. The molecule has 2 amide bonds. The second kappa shape index (κ2) is 13.1.